The molecule has 4 aliphatic rings. The third kappa shape index (κ3) is 2.63. The van der Waals surface area contributed by atoms with E-state index in [1.165, 1.54) is 44.9 Å². The first-order valence-electron chi connectivity index (χ1n) is 10.7. The van der Waals surface area contributed by atoms with Crippen LogP contribution in [0.3, 0.4) is 0 Å². The molecule has 1 saturated heterocycles. The fourth-order valence-electron chi connectivity index (χ4n) is 7.13. The highest BCUT2D eigenvalue weighted by atomic mass is 16.5. The molecule has 1 heterocycles. The van der Waals surface area contributed by atoms with Gasteiger partial charge in [0.25, 0.3) is 0 Å². The molecule has 0 amide bonds. The van der Waals surface area contributed by atoms with Gasteiger partial charge in [-0.1, -0.05) is 26.3 Å². The van der Waals surface area contributed by atoms with Gasteiger partial charge in [0.05, 0.1) is 0 Å². The molecule has 3 aliphatic carbocycles. The maximum atomic E-state index is 6.18. The average Bonchev–Trinajstić information content (AvgIpc) is 3.23. The summed E-state index contributed by atoms with van der Waals surface area (Å²) in [5, 5.41) is 3.44. The average molecular weight is 340 g/mol. The van der Waals surface area contributed by atoms with Crippen LogP contribution < -0.4 is 10.1 Å². The van der Waals surface area contributed by atoms with E-state index in [-0.39, 0.29) is 6.23 Å². The zero-order valence-corrected chi connectivity index (χ0v) is 15.9. The van der Waals surface area contributed by atoms with E-state index >= 15 is 0 Å². The number of hydrogen-bond acceptors (Lipinski definition) is 2. The predicted molar refractivity (Wildman–Crippen MR) is 102 cm³/mol. The lowest BCUT2D eigenvalue weighted by Crippen LogP contribution is -2.43. The molecule has 0 bridgehead atoms. The van der Waals surface area contributed by atoms with Crippen LogP contribution in [0.5, 0.6) is 5.75 Å². The number of aryl methyl sites for hydroxylation is 1. The minimum Gasteiger partial charge on any atom is -0.475 e. The van der Waals surface area contributed by atoms with Gasteiger partial charge in [0, 0.05) is 0 Å². The van der Waals surface area contributed by atoms with Crippen LogP contribution in [-0.2, 0) is 6.42 Å². The second-order valence-electron chi connectivity index (χ2n) is 9.63. The highest BCUT2D eigenvalue weighted by Crippen LogP contribution is 2.62. The zero-order valence-electron chi connectivity index (χ0n) is 15.9. The minimum atomic E-state index is 0.224. The third-order valence-electron chi connectivity index (χ3n) is 8.05. The maximum absolute atomic E-state index is 6.18. The lowest BCUT2D eigenvalue weighted by atomic mass is 9.52. The lowest BCUT2D eigenvalue weighted by Gasteiger charge is -2.52. The van der Waals surface area contributed by atoms with E-state index in [9.17, 15) is 0 Å². The fourth-order valence-corrected chi connectivity index (χ4v) is 7.13. The largest absolute Gasteiger partial charge is 0.475 e. The molecule has 25 heavy (non-hydrogen) atoms. The van der Waals surface area contributed by atoms with Crippen LogP contribution in [-0.4, -0.2) is 12.8 Å². The van der Waals surface area contributed by atoms with E-state index < -0.39 is 0 Å². The molecule has 1 N–H and O–H groups in total. The molecule has 1 aliphatic heterocycles. The Bertz CT molecular complexity index is 649. The van der Waals surface area contributed by atoms with Crippen molar-refractivity contribution >= 4 is 0 Å². The summed E-state index contributed by atoms with van der Waals surface area (Å²) in [4.78, 5) is 0. The van der Waals surface area contributed by atoms with Crippen LogP contribution in [0, 0.1) is 23.2 Å². The first-order valence-corrected chi connectivity index (χ1v) is 10.7. The Kier molecular flexibility index (Phi) is 3.89. The van der Waals surface area contributed by atoms with E-state index in [2.05, 4.69) is 37.4 Å². The molecule has 0 radical (unpaired) electrons. The van der Waals surface area contributed by atoms with Gasteiger partial charge in [0.15, 0.2) is 0 Å². The predicted octanol–water partition coefficient (Wildman–Crippen LogP) is 5.27. The fraction of sp³-hybridized carbons (Fsp3) is 0.739. The van der Waals surface area contributed by atoms with Crippen LogP contribution in [0.1, 0.15) is 75.8 Å². The summed E-state index contributed by atoms with van der Waals surface area (Å²) in [5.74, 6) is 4.59. The molecule has 1 aromatic carbocycles. The van der Waals surface area contributed by atoms with Gasteiger partial charge >= 0.3 is 0 Å². The summed E-state index contributed by atoms with van der Waals surface area (Å²) in [6, 6.07) is 7.03. The molecule has 1 unspecified atom stereocenters. The lowest BCUT2D eigenvalue weighted by molar-refractivity contribution is 0.0238. The van der Waals surface area contributed by atoms with Gasteiger partial charge in [-0.05, 0) is 104 Å². The van der Waals surface area contributed by atoms with Crippen molar-refractivity contribution < 1.29 is 4.74 Å². The number of nitrogens with one attached hydrogen (secondary N) is 1. The van der Waals surface area contributed by atoms with Crippen LogP contribution in [0.2, 0.25) is 0 Å². The standard InChI is InChI=1S/C23H33NO/c1-15-14-23(2)11-3-5-20(23)19-9-7-16-13-17(8-10-18(16)22(15)19)25-21-6-4-12-24-21/h8,10,13,15,19-22,24H,3-7,9,11-12,14H2,1-2H3/t15-,19-,20-,21?,22+,23-/m0/s1. The van der Waals surface area contributed by atoms with E-state index in [0.29, 0.717) is 5.41 Å². The Morgan fingerprint density at radius 2 is 2.08 bits per heavy atom. The number of rotatable bonds is 2. The smallest absolute Gasteiger partial charge is 0.150 e. The van der Waals surface area contributed by atoms with Crippen molar-refractivity contribution in [3.8, 4) is 5.75 Å². The highest BCUT2D eigenvalue weighted by Gasteiger charge is 2.52. The Labute approximate surface area is 152 Å². The Morgan fingerprint density at radius 3 is 2.92 bits per heavy atom. The minimum absolute atomic E-state index is 0.224. The quantitative estimate of drug-likeness (QED) is 0.793. The normalized spacial score (nSPS) is 42.6. The van der Waals surface area contributed by atoms with Gasteiger partial charge in [-0.3, -0.25) is 5.32 Å². The second-order valence-corrected chi connectivity index (χ2v) is 9.63. The first kappa shape index (κ1) is 16.2. The summed E-state index contributed by atoms with van der Waals surface area (Å²) in [5.41, 5.74) is 3.87. The van der Waals surface area contributed by atoms with Gasteiger partial charge < -0.3 is 4.74 Å². The highest BCUT2D eigenvalue weighted by molar-refractivity contribution is 5.41. The summed E-state index contributed by atoms with van der Waals surface area (Å²) in [7, 11) is 0. The molecule has 2 saturated carbocycles. The molecule has 1 aromatic rings. The van der Waals surface area contributed by atoms with Gasteiger partial charge in [0.2, 0.25) is 0 Å². The van der Waals surface area contributed by atoms with Crippen molar-refractivity contribution in [2.24, 2.45) is 23.2 Å². The molecule has 3 fully saturated rings. The van der Waals surface area contributed by atoms with Crippen molar-refractivity contribution in [3.05, 3.63) is 29.3 Å². The summed E-state index contributed by atoms with van der Waals surface area (Å²) < 4.78 is 6.18. The summed E-state index contributed by atoms with van der Waals surface area (Å²) in [6.45, 7) is 6.22. The molecule has 5 rings (SSSR count). The monoisotopic (exact) mass is 339 g/mol. The molecule has 2 heteroatoms. The topological polar surface area (TPSA) is 21.3 Å². The SMILES string of the molecule is C[C@H]1C[C@]2(C)CCC[C@H]2[C@@H]2CCc3cc(OC4CCCN4)ccc3[C@H]21. The van der Waals surface area contributed by atoms with Gasteiger partial charge in [-0.15, -0.1) is 0 Å². The Balaban J connectivity index is 1.42. The van der Waals surface area contributed by atoms with Crippen LogP contribution in [0.15, 0.2) is 18.2 Å². The van der Waals surface area contributed by atoms with E-state index in [1.807, 2.05) is 0 Å². The van der Waals surface area contributed by atoms with Crippen molar-refractivity contribution in [1.29, 1.82) is 0 Å². The van der Waals surface area contributed by atoms with Crippen molar-refractivity contribution in [2.45, 2.75) is 77.4 Å². The van der Waals surface area contributed by atoms with E-state index in [1.54, 1.807) is 11.1 Å². The molecule has 0 aromatic heterocycles. The first-order chi connectivity index (χ1) is 12.1. The number of fused-ring (bicyclic) bond motifs is 5. The van der Waals surface area contributed by atoms with E-state index in [0.717, 1.165) is 42.4 Å². The van der Waals surface area contributed by atoms with Crippen molar-refractivity contribution in [1.82, 2.24) is 5.32 Å². The molecular formula is C23H33NO. The summed E-state index contributed by atoms with van der Waals surface area (Å²) >= 11 is 0. The molecular weight excluding hydrogens is 306 g/mol. The molecule has 6 atom stereocenters. The van der Waals surface area contributed by atoms with Gasteiger partial charge in [-0.2, -0.15) is 0 Å². The Hall–Kier alpha value is -1.02. The third-order valence-corrected chi connectivity index (χ3v) is 8.05. The number of hydrogen-bond donors (Lipinski definition) is 1. The van der Waals surface area contributed by atoms with Crippen LogP contribution in [0.25, 0.3) is 0 Å². The molecule has 0 spiro atoms. The van der Waals surface area contributed by atoms with Crippen molar-refractivity contribution in [2.75, 3.05) is 6.54 Å². The number of benzene rings is 1. The second kappa shape index (κ2) is 6.01. The zero-order chi connectivity index (χ0) is 17.0. The maximum Gasteiger partial charge on any atom is 0.150 e. The van der Waals surface area contributed by atoms with Crippen LogP contribution >= 0.6 is 0 Å². The number of ether oxygens (including phenoxy) is 1. The molecule has 136 valence electrons. The van der Waals surface area contributed by atoms with Crippen molar-refractivity contribution in [3.63, 3.8) is 0 Å². The van der Waals surface area contributed by atoms with E-state index in [4.69, 9.17) is 4.74 Å². The van der Waals surface area contributed by atoms with Gasteiger partial charge in [-0.25, -0.2) is 0 Å². The van der Waals surface area contributed by atoms with Crippen LogP contribution in [0.4, 0.5) is 0 Å². The summed E-state index contributed by atoms with van der Waals surface area (Å²) in [6.07, 6.45) is 11.1. The Morgan fingerprint density at radius 1 is 1.16 bits per heavy atom. The van der Waals surface area contributed by atoms with Gasteiger partial charge in [0.1, 0.15) is 12.0 Å². The molecule has 2 nitrogen and oxygen atoms in total.